The predicted molar refractivity (Wildman–Crippen MR) is 31.0 cm³/mol. The maximum Gasteiger partial charge on any atom is 0.264 e. The monoisotopic (exact) mass is 132 g/mol. The molecule has 0 spiro atoms. The Balaban J connectivity index is 3.01. The first kappa shape index (κ1) is 5.44. The smallest absolute Gasteiger partial charge is 0.264 e. The standard InChI is InChI=1S/C4H5ClN2O/c5-2-3-1-4(8)7-6-3/h1H,2H2,(H2,6,7,8). The third-order valence-electron chi connectivity index (χ3n) is 0.796. The molecule has 0 amide bonds. The van der Waals surface area contributed by atoms with Gasteiger partial charge in [-0.1, -0.05) is 0 Å². The van der Waals surface area contributed by atoms with Gasteiger partial charge in [-0.3, -0.25) is 9.89 Å². The number of hydrogen-bond acceptors (Lipinski definition) is 1. The van der Waals surface area contributed by atoms with E-state index in [-0.39, 0.29) is 5.56 Å². The van der Waals surface area contributed by atoms with Crippen LogP contribution in [0.2, 0.25) is 0 Å². The highest BCUT2D eigenvalue weighted by atomic mass is 35.5. The summed E-state index contributed by atoms with van der Waals surface area (Å²) in [5.41, 5.74) is 0.581. The van der Waals surface area contributed by atoms with Crippen LogP contribution in [0.15, 0.2) is 10.9 Å². The summed E-state index contributed by atoms with van der Waals surface area (Å²) in [5, 5.41) is 4.94. The lowest BCUT2D eigenvalue weighted by atomic mass is 10.5. The molecule has 0 aromatic carbocycles. The molecule has 0 radical (unpaired) electrons. The van der Waals surface area contributed by atoms with E-state index in [1.165, 1.54) is 6.07 Å². The molecule has 0 fully saturated rings. The lowest BCUT2D eigenvalue weighted by molar-refractivity contribution is 1.01. The number of alkyl halides is 1. The lowest BCUT2D eigenvalue weighted by Gasteiger charge is -1.77. The molecule has 0 aliphatic heterocycles. The minimum atomic E-state index is -0.138. The predicted octanol–water partition coefficient (Wildman–Crippen LogP) is 0.442. The molecule has 0 bridgehead atoms. The van der Waals surface area contributed by atoms with Gasteiger partial charge in [0.1, 0.15) is 0 Å². The molecule has 1 heterocycles. The average molecular weight is 133 g/mol. The molecule has 0 aliphatic rings. The number of hydrogen-bond donors (Lipinski definition) is 2. The Bertz CT molecular complexity index is 214. The topological polar surface area (TPSA) is 48.6 Å². The first-order valence-corrected chi connectivity index (χ1v) is 2.69. The number of rotatable bonds is 1. The Kier molecular flexibility index (Phi) is 1.39. The van der Waals surface area contributed by atoms with Gasteiger partial charge in [-0.25, -0.2) is 0 Å². The van der Waals surface area contributed by atoms with Crippen LogP contribution in [0.1, 0.15) is 5.69 Å². The number of H-pyrrole nitrogens is 2. The quantitative estimate of drug-likeness (QED) is 0.536. The second kappa shape index (κ2) is 2.05. The maximum atomic E-state index is 10.3. The number of nitrogens with one attached hydrogen (secondary N) is 2. The minimum absolute atomic E-state index is 0.138. The van der Waals surface area contributed by atoms with Crippen molar-refractivity contribution in [3.05, 3.63) is 22.1 Å². The summed E-state index contributed by atoms with van der Waals surface area (Å²) in [6.45, 7) is 0. The van der Waals surface area contributed by atoms with E-state index in [0.29, 0.717) is 5.88 Å². The fraction of sp³-hybridized carbons (Fsp3) is 0.250. The van der Waals surface area contributed by atoms with Crippen molar-refractivity contribution in [1.29, 1.82) is 0 Å². The van der Waals surface area contributed by atoms with Crippen molar-refractivity contribution < 1.29 is 0 Å². The van der Waals surface area contributed by atoms with Crippen LogP contribution in [0.4, 0.5) is 0 Å². The Morgan fingerprint density at radius 3 is 2.62 bits per heavy atom. The molecule has 0 saturated carbocycles. The normalized spacial score (nSPS) is 9.62. The summed E-state index contributed by atoms with van der Waals surface area (Å²) in [5.74, 6) is 0.346. The van der Waals surface area contributed by atoms with Crippen LogP contribution >= 0.6 is 11.6 Å². The molecule has 0 atom stereocenters. The van der Waals surface area contributed by atoms with Crippen LogP contribution in [0, 0.1) is 0 Å². The van der Waals surface area contributed by atoms with Crippen molar-refractivity contribution >= 4 is 11.6 Å². The van der Waals surface area contributed by atoms with E-state index in [1.807, 2.05) is 0 Å². The molecular formula is C4H5ClN2O. The molecule has 1 aromatic rings. The lowest BCUT2D eigenvalue weighted by Crippen LogP contribution is -1.93. The average Bonchev–Trinajstić information content (AvgIpc) is 2.14. The third kappa shape index (κ3) is 0.924. The number of halogens is 1. The molecule has 1 aromatic heterocycles. The van der Waals surface area contributed by atoms with Gasteiger partial charge < -0.3 is 5.10 Å². The molecular weight excluding hydrogens is 128 g/mol. The zero-order chi connectivity index (χ0) is 5.98. The van der Waals surface area contributed by atoms with E-state index in [9.17, 15) is 4.79 Å². The van der Waals surface area contributed by atoms with E-state index in [0.717, 1.165) is 5.69 Å². The fourth-order valence-electron chi connectivity index (χ4n) is 0.444. The Morgan fingerprint density at radius 1 is 1.62 bits per heavy atom. The fourth-order valence-corrected chi connectivity index (χ4v) is 0.588. The van der Waals surface area contributed by atoms with Gasteiger partial charge in [-0.05, 0) is 0 Å². The summed E-state index contributed by atoms with van der Waals surface area (Å²) in [6.07, 6.45) is 0. The van der Waals surface area contributed by atoms with Crippen LogP contribution in [-0.2, 0) is 5.88 Å². The highest BCUT2D eigenvalue weighted by molar-refractivity contribution is 6.16. The third-order valence-corrected chi connectivity index (χ3v) is 1.08. The first-order chi connectivity index (χ1) is 3.83. The number of aromatic amines is 2. The van der Waals surface area contributed by atoms with Crippen molar-refractivity contribution in [1.82, 2.24) is 10.2 Å². The van der Waals surface area contributed by atoms with Crippen LogP contribution in [0.5, 0.6) is 0 Å². The maximum absolute atomic E-state index is 10.3. The van der Waals surface area contributed by atoms with Gasteiger partial charge in [0.25, 0.3) is 5.56 Å². The number of aromatic nitrogens is 2. The van der Waals surface area contributed by atoms with Gasteiger partial charge in [0.15, 0.2) is 0 Å². The van der Waals surface area contributed by atoms with Crippen LogP contribution in [-0.4, -0.2) is 10.2 Å². The van der Waals surface area contributed by atoms with E-state index in [4.69, 9.17) is 11.6 Å². The Hall–Kier alpha value is -0.700. The van der Waals surface area contributed by atoms with Gasteiger partial charge in [-0.15, -0.1) is 11.6 Å². The van der Waals surface area contributed by atoms with Crippen molar-refractivity contribution in [3.8, 4) is 0 Å². The summed E-state index contributed by atoms with van der Waals surface area (Å²) in [6, 6.07) is 1.42. The van der Waals surface area contributed by atoms with Crippen molar-refractivity contribution in [3.63, 3.8) is 0 Å². The Labute approximate surface area is 50.7 Å². The van der Waals surface area contributed by atoms with Crippen LogP contribution in [0.25, 0.3) is 0 Å². The van der Waals surface area contributed by atoms with Gasteiger partial charge in [0.05, 0.1) is 11.6 Å². The zero-order valence-electron chi connectivity index (χ0n) is 4.07. The SMILES string of the molecule is O=c1cc(CCl)[nH][nH]1. The molecule has 4 heteroatoms. The van der Waals surface area contributed by atoms with Gasteiger partial charge in [-0.2, -0.15) is 0 Å². The summed E-state index contributed by atoms with van der Waals surface area (Å²) in [4.78, 5) is 10.3. The van der Waals surface area contributed by atoms with Crippen molar-refractivity contribution in [2.45, 2.75) is 5.88 Å². The van der Waals surface area contributed by atoms with Crippen molar-refractivity contribution in [2.24, 2.45) is 0 Å². The van der Waals surface area contributed by atoms with Crippen molar-refractivity contribution in [2.75, 3.05) is 0 Å². The second-order valence-electron chi connectivity index (χ2n) is 1.42. The van der Waals surface area contributed by atoms with Gasteiger partial charge in [0, 0.05) is 6.07 Å². The van der Waals surface area contributed by atoms with Gasteiger partial charge in [0.2, 0.25) is 0 Å². The summed E-state index contributed by atoms with van der Waals surface area (Å²) >= 11 is 5.35. The Morgan fingerprint density at radius 2 is 2.38 bits per heavy atom. The second-order valence-corrected chi connectivity index (χ2v) is 1.68. The van der Waals surface area contributed by atoms with E-state index in [1.54, 1.807) is 0 Å². The molecule has 1 rings (SSSR count). The van der Waals surface area contributed by atoms with Crippen LogP contribution in [0.3, 0.4) is 0 Å². The molecule has 44 valence electrons. The highest BCUT2D eigenvalue weighted by Crippen LogP contribution is 1.91. The van der Waals surface area contributed by atoms with E-state index < -0.39 is 0 Å². The van der Waals surface area contributed by atoms with Crippen LogP contribution < -0.4 is 5.56 Å². The zero-order valence-corrected chi connectivity index (χ0v) is 4.83. The molecule has 3 nitrogen and oxygen atoms in total. The highest BCUT2D eigenvalue weighted by Gasteiger charge is 1.89. The summed E-state index contributed by atoms with van der Waals surface area (Å²) in [7, 11) is 0. The van der Waals surface area contributed by atoms with E-state index >= 15 is 0 Å². The summed E-state index contributed by atoms with van der Waals surface area (Å²) < 4.78 is 0. The molecule has 2 N–H and O–H groups in total. The molecule has 8 heavy (non-hydrogen) atoms. The molecule has 0 saturated heterocycles. The first-order valence-electron chi connectivity index (χ1n) is 2.15. The minimum Gasteiger partial charge on any atom is -0.301 e. The van der Waals surface area contributed by atoms with E-state index in [2.05, 4.69) is 10.2 Å². The largest absolute Gasteiger partial charge is 0.301 e. The van der Waals surface area contributed by atoms with Gasteiger partial charge >= 0.3 is 0 Å². The molecule has 0 aliphatic carbocycles. The molecule has 0 unspecified atom stereocenters.